The van der Waals surface area contributed by atoms with Crippen molar-refractivity contribution in [3.63, 3.8) is 0 Å². The van der Waals surface area contributed by atoms with E-state index in [0.717, 1.165) is 36.3 Å². The fourth-order valence-electron chi connectivity index (χ4n) is 2.66. The summed E-state index contributed by atoms with van der Waals surface area (Å²) in [5.74, 6) is 0.351. The zero-order valence-electron chi connectivity index (χ0n) is 14.3. The van der Waals surface area contributed by atoms with Crippen LogP contribution in [0, 0.1) is 0 Å². The fraction of sp³-hybridized carbons (Fsp3) is 0.444. The number of carbonyl (C=O) groups excluding carboxylic acids is 2. The van der Waals surface area contributed by atoms with Crippen molar-refractivity contribution < 1.29 is 9.59 Å². The molecular formula is C18H21N5O2S. The van der Waals surface area contributed by atoms with Gasteiger partial charge in [-0.1, -0.05) is 41.7 Å². The van der Waals surface area contributed by atoms with E-state index in [9.17, 15) is 9.59 Å². The fourth-order valence-corrected chi connectivity index (χ4v) is 3.57. The number of urea groups is 1. The number of amides is 3. The lowest BCUT2D eigenvalue weighted by Gasteiger charge is -2.18. The maximum atomic E-state index is 12.5. The first kappa shape index (κ1) is 17.0. The number of hydrogen-bond donors (Lipinski definition) is 3. The van der Waals surface area contributed by atoms with E-state index in [2.05, 4.69) is 26.1 Å². The maximum absolute atomic E-state index is 12.5. The Kier molecular flexibility index (Phi) is 4.83. The van der Waals surface area contributed by atoms with Crippen LogP contribution in [0.2, 0.25) is 0 Å². The average Bonchev–Trinajstić information content (AvgIpc) is 3.56. The van der Waals surface area contributed by atoms with Crippen LogP contribution in [0.4, 0.5) is 9.93 Å². The second-order valence-corrected chi connectivity index (χ2v) is 7.85. The largest absolute Gasteiger partial charge is 0.352 e. The highest BCUT2D eigenvalue weighted by Crippen LogP contribution is 2.42. The van der Waals surface area contributed by atoms with Crippen LogP contribution in [0.5, 0.6) is 0 Å². The van der Waals surface area contributed by atoms with Gasteiger partial charge in [0.05, 0.1) is 0 Å². The molecule has 2 fully saturated rings. The van der Waals surface area contributed by atoms with Gasteiger partial charge in [0.15, 0.2) is 0 Å². The van der Waals surface area contributed by atoms with E-state index in [4.69, 9.17) is 0 Å². The first-order valence-corrected chi connectivity index (χ1v) is 9.74. The Hall–Kier alpha value is -2.48. The second-order valence-electron chi connectivity index (χ2n) is 6.84. The Morgan fingerprint density at radius 1 is 1.12 bits per heavy atom. The molecule has 3 N–H and O–H groups in total. The monoisotopic (exact) mass is 371 g/mol. The summed E-state index contributed by atoms with van der Waals surface area (Å²) in [6.45, 7) is 0. The van der Waals surface area contributed by atoms with Crippen molar-refractivity contribution in [2.75, 3.05) is 5.32 Å². The minimum Gasteiger partial charge on any atom is -0.352 e. The third-order valence-corrected chi connectivity index (χ3v) is 5.42. The van der Waals surface area contributed by atoms with Gasteiger partial charge in [0.25, 0.3) is 0 Å². The number of hydrogen-bond acceptors (Lipinski definition) is 5. The van der Waals surface area contributed by atoms with Crippen molar-refractivity contribution >= 4 is 28.4 Å². The van der Waals surface area contributed by atoms with Gasteiger partial charge in [-0.05, 0) is 31.2 Å². The molecule has 0 saturated heterocycles. The molecule has 2 aromatic rings. The van der Waals surface area contributed by atoms with Gasteiger partial charge in [-0.3, -0.25) is 10.1 Å². The molecule has 0 aliphatic heterocycles. The van der Waals surface area contributed by atoms with Crippen molar-refractivity contribution in [3.05, 3.63) is 40.9 Å². The van der Waals surface area contributed by atoms with Crippen molar-refractivity contribution in [3.8, 4) is 0 Å². The molecular weight excluding hydrogens is 350 g/mol. The van der Waals surface area contributed by atoms with Crippen LogP contribution >= 0.6 is 11.3 Å². The zero-order chi connectivity index (χ0) is 17.9. The molecule has 1 heterocycles. The zero-order valence-corrected chi connectivity index (χ0v) is 15.1. The number of nitrogens with one attached hydrogen (secondary N) is 3. The summed E-state index contributed by atoms with van der Waals surface area (Å²) in [7, 11) is 0. The van der Waals surface area contributed by atoms with Crippen molar-refractivity contribution in [1.82, 2.24) is 20.8 Å². The van der Waals surface area contributed by atoms with Crippen molar-refractivity contribution in [2.24, 2.45) is 0 Å². The Morgan fingerprint density at radius 3 is 2.58 bits per heavy atom. The molecule has 0 spiro atoms. The van der Waals surface area contributed by atoms with Crippen LogP contribution in [0.1, 0.15) is 42.2 Å². The highest BCUT2D eigenvalue weighted by atomic mass is 32.1. The van der Waals surface area contributed by atoms with Crippen LogP contribution in [-0.4, -0.2) is 34.2 Å². The van der Waals surface area contributed by atoms with Crippen LogP contribution in [0.15, 0.2) is 30.3 Å². The quantitative estimate of drug-likeness (QED) is 0.696. The Labute approximate surface area is 155 Å². The SMILES string of the molecule is O=C(Nc1nnc(C2CC2)s1)NC(Cc1ccccc1)C(=O)NC1CC1. The maximum Gasteiger partial charge on any atom is 0.321 e. The summed E-state index contributed by atoms with van der Waals surface area (Å²) in [6.07, 6.45) is 4.73. The smallest absolute Gasteiger partial charge is 0.321 e. The van der Waals surface area contributed by atoms with Crippen LogP contribution in [0.25, 0.3) is 0 Å². The number of rotatable bonds is 7. The summed E-state index contributed by atoms with van der Waals surface area (Å²) < 4.78 is 0. The van der Waals surface area contributed by atoms with Crippen LogP contribution in [-0.2, 0) is 11.2 Å². The average molecular weight is 371 g/mol. The lowest BCUT2D eigenvalue weighted by molar-refractivity contribution is -0.123. The van der Waals surface area contributed by atoms with E-state index >= 15 is 0 Å². The van der Waals surface area contributed by atoms with Crippen molar-refractivity contribution in [1.29, 1.82) is 0 Å². The molecule has 2 aliphatic rings. The van der Waals surface area contributed by atoms with Gasteiger partial charge < -0.3 is 10.6 Å². The first-order valence-electron chi connectivity index (χ1n) is 8.92. The predicted octanol–water partition coefficient (Wildman–Crippen LogP) is 2.43. The summed E-state index contributed by atoms with van der Waals surface area (Å²) >= 11 is 1.40. The molecule has 2 aliphatic carbocycles. The van der Waals surface area contributed by atoms with Crippen LogP contribution < -0.4 is 16.0 Å². The van der Waals surface area contributed by atoms with E-state index in [1.165, 1.54) is 11.3 Å². The molecule has 3 amide bonds. The summed E-state index contributed by atoms with van der Waals surface area (Å²) in [4.78, 5) is 24.9. The predicted molar refractivity (Wildman–Crippen MR) is 99.1 cm³/mol. The molecule has 8 heteroatoms. The van der Waals surface area contributed by atoms with Gasteiger partial charge in [-0.25, -0.2) is 4.79 Å². The molecule has 0 bridgehead atoms. The molecule has 1 unspecified atom stereocenters. The molecule has 1 atom stereocenters. The van der Waals surface area contributed by atoms with Gasteiger partial charge in [0, 0.05) is 18.4 Å². The minimum absolute atomic E-state index is 0.151. The topological polar surface area (TPSA) is 96.0 Å². The Balaban J connectivity index is 1.38. The van der Waals surface area contributed by atoms with E-state index in [1.54, 1.807) is 0 Å². The summed E-state index contributed by atoms with van der Waals surface area (Å²) in [5.41, 5.74) is 0.996. The number of anilines is 1. The van der Waals surface area contributed by atoms with Crippen molar-refractivity contribution in [2.45, 2.75) is 50.1 Å². The van der Waals surface area contributed by atoms with E-state index in [1.807, 2.05) is 30.3 Å². The third kappa shape index (κ3) is 4.57. The normalized spacial score (nSPS) is 17.4. The van der Waals surface area contributed by atoms with Crippen LogP contribution in [0.3, 0.4) is 0 Å². The summed E-state index contributed by atoms with van der Waals surface area (Å²) in [5, 5.41) is 18.0. The third-order valence-electron chi connectivity index (χ3n) is 4.42. The van der Waals surface area contributed by atoms with E-state index < -0.39 is 12.1 Å². The van der Waals surface area contributed by atoms with Gasteiger partial charge in [-0.2, -0.15) is 0 Å². The Bertz CT molecular complexity index is 786. The second kappa shape index (κ2) is 7.41. The molecule has 26 heavy (non-hydrogen) atoms. The number of benzene rings is 1. The molecule has 1 aromatic carbocycles. The van der Waals surface area contributed by atoms with E-state index in [0.29, 0.717) is 17.5 Å². The molecule has 1 aromatic heterocycles. The first-order chi connectivity index (χ1) is 12.7. The highest BCUT2D eigenvalue weighted by molar-refractivity contribution is 7.15. The molecule has 7 nitrogen and oxygen atoms in total. The lowest BCUT2D eigenvalue weighted by atomic mass is 10.1. The number of nitrogens with zero attached hydrogens (tertiary/aromatic N) is 2. The van der Waals surface area contributed by atoms with Gasteiger partial charge in [-0.15, -0.1) is 10.2 Å². The lowest BCUT2D eigenvalue weighted by Crippen LogP contribution is -2.49. The molecule has 136 valence electrons. The standard InChI is InChI=1S/C18H21N5O2S/c24-15(19-13-8-9-13)14(10-11-4-2-1-3-5-11)20-17(25)21-18-23-22-16(26-18)12-6-7-12/h1-5,12-14H,6-10H2,(H,19,24)(H2,20,21,23,25). The van der Waals surface area contributed by atoms with Gasteiger partial charge >= 0.3 is 6.03 Å². The van der Waals surface area contributed by atoms with Gasteiger partial charge in [0.1, 0.15) is 11.0 Å². The summed E-state index contributed by atoms with van der Waals surface area (Å²) in [6, 6.07) is 8.85. The minimum atomic E-state index is -0.631. The molecule has 0 radical (unpaired) electrons. The van der Waals surface area contributed by atoms with E-state index in [-0.39, 0.29) is 11.9 Å². The number of carbonyl (C=O) groups is 2. The highest BCUT2D eigenvalue weighted by Gasteiger charge is 2.30. The Morgan fingerprint density at radius 2 is 1.88 bits per heavy atom. The van der Waals surface area contributed by atoms with Gasteiger partial charge in [0.2, 0.25) is 11.0 Å². The number of aromatic nitrogens is 2. The molecule has 2 saturated carbocycles. The molecule has 4 rings (SSSR count).